The summed E-state index contributed by atoms with van der Waals surface area (Å²) in [6.07, 6.45) is 2.67. The fourth-order valence-electron chi connectivity index (χ4n) is 4.93. The molecule has 43 heavy (non-hydrogen) atoms. The van der Waals surface area contributed by atoms with E-state index in [0.29, 0.717) is 18.2 Å². The van der Waals surface area contributed by atoms with Crippen molar-refractivity contribution < 1.29 is 22.8 Å². The normalized spacial score (nSPS) is 15.5. The fourth-order valence-corrected chi connectivity index (χ4v) is 5.33. The van der Waals surface area contributed by atoms with Crippen LogP contribution in [0.25, 0.3) is 11.6 Å². The molecule has 0 amide bonds. The van der Waals surface area contributed by atoms with Gasteiger partial charge in [-0.05, 0) is 71.0 Å². The molecule has 0 aliphatic carbocycles. The molecule has 238 valence electrons. The van der Waals surface area contributed by atoms with Gasteiger partial charge >= 0.3 is 0 Å². The lowest BCUT2D eigenvalue weighted by Crippen LogP contribution is -2.28. The van der Waals surface area contributed by atoms with Crippen molar-refractivity contribution in [1.82, 2.24) is 25.4 Å². The number of rotatable bonds is 17. The van der Waals surface area contributed by atoms with E-state index < -0.39 is 17.4 Å². The minimum absolute atomic E-state index is 0.0521. The van der Waals surface area contributed by atoms with E-state index in [2.05, 4.69) is 46.2 Å². The maximum absolute atomic E-state index is 14.8. The second-order valence-electron chi connectivity index (χ2n) is 12.0. The van der Waals surface area contributed by atoms with Gasteiger partial charge in [0.15, 0.2) is 0 Å². The van der Waals surface area contributed by atoms with E-state index >= 15 is 0 Å². The van der Waals surface area contributed by atoms with Crippen molar-refractivity contribution in [2.24, 2.45) is 11.8 Å². The van der Waals surface area contributed by atoms with Crippen LogP contribution in [0.5, 0.6) is 11.8 Å². The number of ether oxygens (including phenoxy) is 2. The minimum Gasteiger partial charge on any atom is -0.474 e. The second-order valence-corrected chi connectivity index (χ2v) is 12.4. The van der Waals surface area contributed by atoms with Crippen LogP contribution in [0.15, 0.2) is 28.8 Å². The predicted octanol–water partition coefficient (Wildman–Crippen LogP) is 7.98. The van der Waals surface area contributed by atoms with Gasteiger partial charge in [0.2, 0.25) is 29.3 Å². The highest BCUT2D eigenvalue weighted by atomic mass is 35.5. The molecule has 0 aliphatic rings. The van der Waals surface area contributed by atoms with E-state index in [1.54, 1.807) is 39.1 Å². The van der Waals surface area contributed by atoms with Crippen molar-refractivity contribution >= 4 is 11.6 Å². The number of nitrogens with zero attached hydrogens (tertiary/aromatic N) is 4. The Morgan fingerprint density at radius 2 is 1.72 bits per heavy atom. The Hall–Kier alpha value is -2.85. The lowest BCUT2D eigenvalue weighted by Gasteiger charge is -2.24. The maximum Gasteiger partial charge on any atom is 0.240 e. The number of aromatic nitrogens is 4. The van der Waals surface area contributed by atoms with Crippen LogP contribution >= 0.6 is 11.6 Å². The molecule has 1 aromatic carbocycles. The van der Waals surface area contributed by atoms with Crippen LogP contribution < -0.4 is 14.8 Å². The summed E-state index contributed by atoms with van der Waals surface area (Å²) in [5, 5.41) is 7.25. The Morgan fingerprint density at radius 3 is 2.35 bits per heavy atom. The van der Waals surface area contributed by atoms with Gasteiger partial charge in [-0.25, -0.2) is 8.78 Å². The van der Waals surface area contributed by atoms with Gasteiger partial charge in [0, 0.05) is 17.1 Å². The standard InChI is InChI=1S/C32H46ClF2N5O3/c1-9-12-23(15-19(3)10-2)42-27-17-26(41-21(5)20(4)16-22(34)18-36-8)37-29(38-27)30-39-31(43-40-30)32(6,7)28-24(33)13-11-14-25(28)35/h11,13-14,17,19-23,36H,9-10,12,15-16,18H2,1-8H3/t19-,20+,21+,22+,23+/m1/s1. The maximum atomic E-state index is 14.8. The fraction of sp³-hybridized carbons (Fsp3) is 0.625. The van der Waals surface area contributed by atoms with Gasteiger partial charge in [-0.15, -0.1) is 0 Å². The lowest BCUT2D eigenvalue weighted by atomic mass is 9.84. The molecule has 1 N–H and O–H groups in total. The molecule has 2 heterocycles. The van der Waals surface area contributed by atoms with E-state index in [4.69, 9.17) is 25.6 Å². The van der Waals surface area contributed by atoms with E-state index in [1.165, 1.54) is 6.07 Å². The summed E-state index contributed by atoms with van der Waals surface area (Å²) in [5.41, 5.74) is -0.794. The molecule has 5 atom stereocenters. The highest BCUT2D eigenvalue weighted by Gasteiger charge is 2.35. The topological polar surface area (TPSA) is 95.2 Å². The average molecular weight is 622 g/mol. The second kappa shape index (κ2) is 15.7. The minimum atomic E-state index is -1.04. The molecule has 8 nitrogen and oxygen atoms in total. The summed E-state index contributed by atoms with van der Waals surface area (Å²) in [5.74, 6) is 0.867. The van der Waals surface area contributed by atoms with Crippen molar-refractivity contribution in [3.63, 3.8) is 0 Å². The monoisotopic (exact) mass is 621 g/mol. The van der Waals surface area contributed by atoms with Gasteiger partial charge in [-0.3, -0.25) is 0 Å². The zero-order valence-electron chi connectivity index (χ0n) is 26.6. The van der Waals surface area contributed by atoms with Crippen molar-refractivity contribution in [1.29, 1.82) is 0 Å². The van der Waals surface area contributed by atoms with E-state index in [0.717, 1.165) is 25.7 Å². The zero-order valence-corrected chi connectivity index (χ0v) is 27.3. The van der Waals surface area contributed by atoms with Crippen LogP contribution in [0, 0.1) is 17.7 Å². The molecule has 0 aliphatic heterocycles. The summed E-state index contributed by atoms with van der Waals surface area (Å²) in [6, 6.07) is 6.15. The third-order valence-electron chi connectivity index (χ3n) is 7.85. The molecule has 0 unspecified atom stereocenters. The van der Waals surface area contributed by atoms with E-state index in [-0.39, 0.29) is 58.7 Å². The smallest absolute Gasteiger partial charge is 0.240 e. The molecule has 0 radical (unpaired) electrons. The van der Waals surface area contributed by atoms with Gasteiger partial charge < -0.3 is 19.3 Å². The van der Waals surface area contributed by atoms with Crippen LogP contribution in [-0.4, -0.2) is 52.1 Å². The zero-order chi connectivity index (χ0) is 31.7. The first-order chi connectivity index (χ1) is 20.4. The van der Waals surface area contributed by atoms with Gasteiger partial charge in [-0.1, -0.05) is 63.4 Å². The van der Waals surface area contributed by atoms with Crippen molar-refractivity contribution in [3.8, 4) is 23.4 Å². The molecule has 0 bridgehead atoms. The van der Waals surface area contributed by atoms with Crippen molar-refractivity contribution in [2.45, 2.75) is 104 Å². The summed E-state index contributed by atoms with van der Waals surface area (Å²) < 4.78 is 47.3. The molecule has 0 fully saturated rings. The predicted molar refractivity (Wildman–Crippen MR) is 165 cm³/mol. The molecular weight excluding hydrogens is 576 g/mol. The molecule has 2 aromatic heterocycles. The Bertz CT molecular complexity index is 1290. The lowest BCUT2D eigenvalue weighted by molar-refractivity contribution is 0.123. The summed E-state index contributed by atoms with van der Waals surface area (Å²) in [6.45, 7) is 14.1. The number of hydrogen-bond donors (Lipinski definition) is 1. The molecule has 0 saturated heterocycles. The highest BCUT2D eigenvalue weighted by molar-refractivity contribution is 6.31. The first-order valence-electron chi connectivity index (χ1n) is 15.2. The number of nitrogens with one attached hydrogen (secondary N) is 1. The van der Waals surface area contributed by atoms with Crippen LogP contribution in [0.2, 0.25) is 5.02 Å². The summed E-state index contributed by atoms with van der Waals surface area (Å²) in [4.78, 5) is 13.7. The SMILES string of the molecule is CCC[C@@H](C[C@H](C)CC)Oc1cc(O[C@@H](C)[C@@H](C)C[C@H](F)CNC)nc(-c2noc(C(C)(C)c3c(F)cccc3Cl)n2)n1. The number of alkyl halides is 1. The Balaban J connectivity index is 1.98. The molecule has 3 rings (SSSR count). The number of hydrogen-bond acceptors (Lipinski definition) is 8. The first-order valence-corrected chi connectivity index (χ1v) is 15.6. The molecule has 0 saturated carbocycles. The quantitative estimate of drug-likeness (QED) is 0.162. The molecule has 11 heteroatoms. The molecule has 0 spiro atoms. The van der Waals surface area contributed by atoms with Gasteiger partial charge in [0.1, 0.15) is 24.2 Å². The first kappa shape index (κ1) is 34.6. The van der Waals surface area contributed by atoms with Crippen molar-refractivity contribution in [3.05, 3.63) is 46.6 Å². The van der Waals surface area contributed by atoms with Crippen molar-refractivity contribution in [2.75, 3.05) is 13.6 Å². The Labute approximate surface area is 259 Å². The van der Waals surface area contributed by atoms with Gasteiger partial charge in [-0.2, -0.15) is 15.0 Å². The Morgan fingerprint density at radius 1 is 1.02 bits per heavy atom. The van der Waals surface area contributed by atoms with Gasteiger partial charge in [0.25, 0.3) is 0 Å². The van der Waals surface area contributed by atoms with E-state index in [9.17, 15) is 8.78 Å². The highest BCUT2D eigenvalue weighted by Crippen LogP contribution is 2.37. The third kappa shape index (κ3) is 9.32. The summed E-state index contributed by atoms with van der Waals surface area (Å²) in [7, 11) is 1.73. The average Bonchev–Trinajstić information content (AvgIpc) is 3.44. The largest absolute Gasteiger partial charge is 0.474 e. The van der Waals surface area contributed by atoms with Crippen LogP contribution in [0.3, 0.4) is 0 Å². The van der Waals surface area contributed by atoms with Gasteiger partial charge in [0.05, 0.1) is 11.5 Å². The third-order valence-corrected chi connectivity index (χ3v) is 8.16. The van der Waals surface area contributed by atoms with Crippen LogP contribution in [0.1, 0.15) is 92.0 Å². The molecule has 3 aromatic rings. The van der Waals surface area contributed by atoms with E-state index in [1.807, 2.05) is 13.8 Å². The number of halogens is 3. The summed E-state index contributed by atoms with van der Waals surface area (Å²) >= 11 is 6.36. The number of benzene rings is 1. The van der Waals surface area contributed by atoms with Crippen LogP contribution in [-0.2, 0) is 5.41 Å². The van der Waals surface area contributed by atoms with Crippen LogP contribution in [0.4, 0.5) is 8.78 Å². The molecular formula is C32H46ClF2N5O3. The Kier molecular flexibility index (Phi) is 12.7.